The van der Waals surface area contributed by atoms with Crippen molar-refractivity contribution in [2.24, 2.45) is 0 Å². The second-order valence-corrected chi connectivity index (χ2v) is 12.3. The fourth-order valence-electron chi connectivity index (χ4n) is 4.87. The van der Waals surface area contributed by atoms with Crippen LogP contribution in [0.1, 0.15) is 21.5 Å². The molecule has 1 aliphatic heterocycles. The van der Waals surface area contributed by atoms with Crippen LogP contribution in [0, 0.1) is 0 Å². The van der Waals surface area contributed by atoms with Crippen LogP contribution in [0.15, 0.2) is 90.1 Å². The lowest BCUT2D eigenvalue weighted by molar-refractivity contribution is 0.0985. The average Bonchev–Trinajstić information content (AvgIpc) is 3.64. The number of carbonyl (C=O) groups excluding carboxylic acids is 1. The molecule has 0 saturated heterocycles. The molecule has 0 fully saturated rings. The Kier molecular flexibility index (Phi) is 7.06. The molecule has 6 rings (SSSR count). The summed E-state index contributed by atoms with van der Waals surface area (Å²) in [5.41, 5.74) is 3.52. The Morgan fingerprint density at radius 3 is 2.49 bits per heavy atom. The molecule has 208 valence electrons. The summed E-state index contributed by atoms with van der Waals surface area (Å²) in [5.74, 6) is 0.791. The van der Waals surface area contributed by atoms with Crippen molar-refractivity contribution in [1.82, 2.24) is 9.97 Å². The number of fused-ring (bicyclic) bond motifs is 2. The molecule has 5 aromatic rings. The van der Waals surface area contributed by atoms with Crippen molar-refractivity contribution in [2.75, 3.05) is 30.0 Å². The summed E-state index contributed by atoms with van der Waals surface area (Å²) in [6.45, 7) is 0.611. The maximum absolute atomic E-state index is 13.9. The van der Waals surface area contributed by atoms with E-state index >= 15 is 0 Å². The van der Waals surface area contributed by atoms with Crippen LogP contribution in [0.4, 0.5) is 10.8 Å². The SMILES string of the molecule is COc1cc2nc(N(Cc3cccnc3)C(=O)c3ccc(S(=O)(=O)N4CCc5ccccc54)cc3)sc2cc1OC. The molecular weight excluding hydrogens is 560 g/mol. The molecule has 1 aliphatic rings. The van der Waals surface area contributed by atoms with Gasteiger partial charge in [0.05, 0.1) is 41.6 Å². The zero-order valence-electron chi connectivity index (χ0n) is 22.4. The molecule has 3 heterocycles. The molecule has 2 aromatic heterocycles. The molecule has 0 atom stereocenters. The van der Waals surface area contributed by atoms with Gasteiger partial charge in [-0.15, -0.1) is 0 Å². The quantitative estimate of drug-likeness (QED) is 0.243. The number of para-hydroxylation sites is 1. The van der Waals surface area contributed by atoms with Crippen LogP contribution in [0.2, 0.25) is 0 Å². The Morgan fingerprint density at radius 2 is 1.76 bits per heavy atom. The monoisotopic (exact) mass is 586 g/mol. The first-order valence-electron chi connectivity index (χ1n) is 12.8. The number of hydrogen-bond donors (Lipinski definition) is 0. The predicted octanol–water partition coefficient (Wildman–Crippen LogP) is 5.31. The van der Waals surface area contributed by atoms with Crippen molar-refractivity contribution in [1.29, 1.82) is 0 Å². The van der Waals surface area contributed by atoms with E-state index in [2.05, 4.69) is 4.98 Å². The van der Waals surface area contributed by atoms with Crippen molar-refractivity contribution < 1.29 is 22.7 Å². The number of pyridine rings is 1. The summed E-state index contributed by atoms with van der Waals surface area (Å²) in [4.78, 5) is 24.5. The maximum Gasteiger partial charge on any atom is 0.264 e. The fraction of sp³-hybridized carbons (Fsp3) is 0.167. The van der Waals surface area contributed by atoms with Gasteiger partial charge < -0.3 is 9.47 Å². The van der Waals surface area contributed by atoms with E-state index in [1.807, 2.05) is 42.5 Å². The molecule has 11 heteroatoms. The van der Waals surface area contributed by atoms with E-state index in [1.54, 1.807) is 49.7 Å². The van der Waals surface area contributed by atoms with Gasteiger partial charge in [0, 0.05) is 36.6 Å². The lowest BCUT2D eigenvalue weighted by Gasteiger charge is -2.21. The largest absolute Gasteiger partial charge is 0.493 e. The lowest BCUT2D eigenvalue weighted by atomic mass is 10.2. The first-order chi connectivity index (χ1) is 19.9. The number of carbonyl (C=O) groups is 1. The number of anilines is 2. The Bertz CT molecular complexity index is 1800. The van der Waals surface area contributed by atoms with Crippen LogP contribution >= 0.6 is 11.3 Å². The molecule has 0 N–H and O–H groups in total. The van der Waals surface area contributed by atoms with E-state index in [1.165, 1.54) is 27.8 Å². The summed E-state index contributed by atoms with van der Waals surface area (Å²) in [7, 11) is -0.657. The minimum Gasteiger partial charge on any atom is -0.493 e. The molecule has 3 aromatic carbocycles. The standard InChI is InChI=1S/C30H26N4O5S2/c1-38-26-16-24-28(17-27(26)39-2)40-30(32-24)33(19-20-6-5-14-31-18-20)29(35)22-9-11-23(12-10-22)41(36,37)34-15-13-21-7-3-4-8-25(21)34/h3-12,14,16-18H,13,15,19H2,1-2H3. The third-order valence-electron chi connectivity index (χ3n) is 6.96. The van der Waals surface area contributed by atoms with Gasteiger partial charge in [-0.2, -0.15) is 0 Å². The van der Waals surface area contributed by atoms with Gasteiger partial charge in [-0.1, -0.05) is 35.6 Å². The van der Waals surface area contributed by atoms with Crippen molar-refractivity contribution in [3.63, 3.8) is 0 Å². The zero-order valence-corrected chi connectivity index (χ0v) is 24.0. The number of ether oxygens (including phenoxy) is 2. The minimum absolute atomic E-state index is 0.128. The zero-order chi connectivity index (χ0) is 28.6. The molecule has 1 amide bonds. The number of rotatable bonds is 8. The lowest BCUT2D eigenvalue weighted by Crippen LogP contribution is -2.31. The van der Waals surface area contributed by atoms with Crippen molar-refractivity contribution >= 4 is 48.3 Å². The number of methoxy groups -OCH3 is 2. The van der Waals surface area contributed by atoms with Crippen LogP contribution in [0.25, 0.3) is 10.2 Å². The van der Waals surface area contributed by atoms with Gasteiger partial charge in [-0.3, -0.25) is 19.0 Å². The second kappa shape index (κ2) is 10.8. The van der Waals surface area contributed by atoms with E-state index in [0.29, 0.717) is 46.4 Å². The fourth-order valence-corrected chi connectivity index (χ4v) is 7.35. The normalized spacial score (nSPS) is 12.8. The summed E-state index contributed by atoms with van der Waals surface area (Å²) < 4.78 is 40.1. The Morgan fingerprint density at radius 1 is 1.00 bits per heavy atom. The summed E-state index contributed by atoms with van der Waals surface area (Å²) in [6, 6.07) is 20.9. The highest BCUT2D eigenvalue weighted by Crippen LogP contribution is 2.38. The Labute approximate surface area is 241 Å². The predicted molar refractivity (Wildman–Crippen MR) is 159 cm³/mol. The first kappa shape index (κ1) is 26.7. The second-order valence-electron chi connectivity index (χ2n) is 9.40. The molecule has 0 bridgehead atoms. The van der Waals surface area contributed by atoms with Gasteiger partial charge in [0.15, 0.2) is 16.6 Å². The number of nitrogens with zero attached hydrogens (tertiary/aromatic N) is 4. The molecule has 0 unspecified atom stereocenters. The smallest absolute Gasteiger partial charge is 0.264 e. The highest BCUT2D eigenvalue weighted by atomic mass is 32.2. The van der Waals surface area contributed by atoms with Crippen LogP contribution in [0.3, 0.4) is 0 Å². The van der Waals surface area contributed by atoms with Crippen LogP contribution in [-0.4, -0.2) is 45.1 Å². The van der Waals surface area contributed by atoms with E-state index in [0.717, 1.165) is 15.8 Å². The van der Waals surface area contributed by atoms with Gasteiger partial charge in [-0.05, 0) is 53.9 Å². The maximum atomic E-state index is 13.9. The molecule has 0 spiro atoms. The van der Waals surface area contributed by atoms with E-state index < -0.39 is 10.0 Å². The van der Waals surface area contributed by atoms with Gasteiger partial charge in [-0.25, -0.2) is 13.4 Å². The number of hydrogen-bond acceptors (Lipinski definition) is 8. The summed E-state index contributed by atoms with van der Waals surface area (Å²) >= 11 is 1.35. The van der Waals surface area contributed by atoms with Crippen molar-refractivity contribution in [3.05, 3.63) is 102 Å². The van der Waals surface area contributed by atoms with E-state index in [9.17, 15) is 13.2 Å². The highest BCUT2D eigenvalue weighted by Gasteiger charge is 2.31. The third-order valence-corrected chi connectivity index (χ3v) is 9.82. The molecule has 9 nitrogen and oxygen atoms in total. The van der Waals surface area contributed by atoms with E-state index in [-0.39, 0.29) is 17.3 Å². The van der Waals surface area contributed by atoms with Gasteiger partial charge in [0.25, 0.3) is 15.9 Å². The average molecular weight is 587 g/mol. The Balaban J connectivity index is 1.34. The molecule has 41 heavy (non-hydrogen) atoms. The Hall–Kier alpha value is -4.48. The minimum atomic E-state index is -3.78. The number of amides is 1. The topological polar surface area (TPSA) is 102 Å². The van der Waals surface area contributed by atoms with Crippen LogP contribution < -0.4 is 18.7 Å². The summed E-state index contributed by atoms with van der Waals surface area (Å²) in [6.07, 6.45) is 4.03. The van der Waals surface area contributed by atoms with Crippen molar-refractivity contribution in [2.45, 2.75) is 17.9 Å². The number of sulfonamides is 1. The summed E-state index contributed by atoms with van der Waals surface area (Å²) in [5, 5.41) is 0.481. The third kappa shape index (κ3) is 4.98. The molecule has 0 saturated carbocycles. The van der Waals surface area contributed by atoms with Crippen molar-refractivity contribution in [3.8, 4) is 11.5 Å². The molecular formula is C30H26N4O5S2. The van der Waals surface area contributed by atoms with Gasteiger partial charge in [0.1, 0.15) is 0 Å². The molecule has 0 aliphatic carbocycles. The highest BCUT2D eigenvalue weighted by molar-refractivity contribution is 7.92. The number of benzene rings is 3. The first-order valence-corrected chi connectivity index (χ1v) is 15.1. The van der Waals surface area contributed by atoms with Crippen LogP contribution in [0.5, 0.6) is 11.5 Å². The van der Waals surface area contributed by atoms with Crippen LogP contribution in [-0.2, 0) is 23.0 Å². The van der Waals surface area contributed by atoms with E-state index in [4.69, 9.17) is 14.5 Å². The molecule has 0 radical (unpaired) electrons. The number of aromatic nitrogens is 2. The van der Waals surface area contributed by atoms with Gasteiger partial charge in [0.2, 0.25) is 0 Å². The van der Waals surface area contributed by atoms with Gasteiger partial charge >= 0.3 is 0 Å². The number of thiazole rings is 1.